The van der Waals surface area contributed by atoms with Crippen LogP contribution >= 0.6 is 7.82 Å². The van der Waals surface area contributed by atoms with Gasteiger partial charge in [-0.2, -0.15) is 0 Å². The van der Waals surface area contributed by atoms with E-state index in [1.54, 1.807) is 0 Å². The summed E-state index contributed by atoms with van der Waals surface area (Å²) in [6.07, 6.45) is 50.5. The van der Waals surface area contributed by atoms with Gasteiger partial charge in [-0.05, 0) is 44.9 Å². The summed E-state index contributed by atoms with van der Waals surface area (Å²) in [5.41, 5.74) is 5.38. The monoisotopic (exact) mass is 814 g/mol. The molecule has 2 unspecified atom stereocenters. The molecular formula is C47H92NO7P. The Bertz CT molecular complexity index is 915. The van der Waals surface area contributed by atoms with Gasteiger partial charge in [0.25, 0.3) is 0 Å². The lowest BCUT2D eigenvalue weighted by Crippen LogP contribution is -2.28. The molecule has 0 saturated carbocycles. The Labute approximate surface area is 346 Å². The molecule has 0 aromatic rings. The summed E-state index contributed by atoms with van der Waals surface area (Å²) in [7, 11) is -4.28. The largest absolute Gasteiger partial charge is 0.472 e. The van der Waals surface area contributed by atoms with E-state index in [2.05, 4.69) is 38.2 Å². The average molecular weight is 814 g/mol. The van der Waals surface area contributed by atoms with Gasteiger partial charge in [0.05, 0.1) is 19.8 Å². The first-order valence-corrected chi connectivity index (χ1v) is 25.3. The third-order valence-corrected chi connectivity index (χ3v) is 11.4. The lowest BCUT2D eigenvalue weighted by atomic mass is 10.0. The van der Waals surface area contributed by atoms with Crippen LogP contribution in [-0.2, 0) is 27.9 Å². The van der Waals surface area contributed by atoms with Crippen molar-refractivity contribution in [1.29, 1.82) is 0 Å². The molecule has 0 aliphatic heterocycles. The van der Waals surface area contributed by atoms with E-state index in [0.717, 1.165) is 38.5 Å². The molecule has 0 radical (unpaired) electrons. The molecule has 0 aliphatic rings. The fourth-order valence-corrected chi connectivity index (χ4v) is 7.62. The summed E-state index contributed by atoms with van der Waals surface area (Å²) in [4.78, 5) is 22.5. The van der Waals surface area contributed by atoms with Gasteiger partial charge >= 0.3 is 13.8 Å². The quantitative estimate of drug-likeness (QED) is 0.0270. The predicted octanol–water partition coefficient (Wildman–Crippen LogP) is 14.4. The highest BCUT2D eigenvalue weighted by Gasteiger charge is 2.25. The number of allylic oxidation sites excluding steroid dienone is 4. The minimum atomic E-state index is -4.28. The first-order valence-electron chi connectivity index (χ1n) is 23.8. The second kappa shape index (κ2) is 45.1. The highest BCUT2D eigenvalue weighted by molar-refractivity contribution is 7.47. The van der Waals surface area contributed by atoms with Crippen LogP contribution in [0.4, 0.5) is 0 Å². The minimum Gasteiger partial charge on any atom is -0.457 e. The second-order valence-corrected chi connectivity index (χ2v) is 17.4. The highest BCUT2D eigenvalue weighted by atomic mass is 31.2. The lowest BCUT2D eigenvalue weighted by molar-refractivity contribution is -0.154. The van der Waals surface area contributed by atoms with E-state index in [-0.39, 0.29) is 32.3 Å². The van der Waals surface area contributed by atoms with Crippen molar-refractivity contribution in [2.75, 3.05) is 33.0 Å². The number of phosphoric acid groups is 1. The van der Waals surface area contributed by atoms with Crippen molar-refractivity contribution in [2.45, 2.75) is 238 Å². The average Bonchev–Trinajstić information content (AvgIpc) is 3.19. The standard InChI is InChI=1S/C47H92NO7P/c1-3-5-7-9-11-13-15-17-19-21-23-24-26-28-30-32-34-36-38-40-47(49)55-46(45-54-56(50,51)53-43-41-48)44-52-42-39-37-35-33-31-29-27-25-22-20-18-16-14-12-10-8-6-4-2/h11,13,17,19,46H,3-10,12,14-16,18,20-45,48H2,1-2H3,(H,50,51)/b13-11-,19-17-. The molecule has 0 saturated heterocycles. The summed E-state index contributed by atoms with van der Waals surface area (Å²) in [6.45, 7) is 4.94. The molecule has 0 amide bonds. The first-order chi connectivity index (χ1) is 27.4. The Balaban J connectivity index is 3.96. The SMILES string of the molecule is CCCCC/C=C\C/C=C\CCCCCCCCCCCC(=O)OC(COCCCCCCCCCCCCCCCCCCCC)COP(=O)(O)OCCN. The molecule has 3 N–H and O–H groups in total. The van der Waals surface area contributed by atoms with E-state index in [1.165, 1.54) is 173 Å². The van der Waals surface area contributed by atoms with Gasteiger partial charge in [-0.15, -0.1) is 0 Å². The number of hydrogen-bond donors (Lipinski definition) is 2. The van der Waals surface area contributed by atoms with Crippen LogP contribution in [0.25, 0.3) is 0 Å². The van der Waals surface area contributed by atoms with Gasteiger partial charge < -0.3 is 20.1 Å². The first kappa shape index (κ1) is 55.0. The Hall–Kier alpha value is -1.02. The smallest absolute Gasteiger partial charge is 0.457 e. The van der Waals surface area contributed by atoms with E-state index in [0.29, 0.717) is 13.0 Å². The molecule has 8 nitrogen and oxygen atoms in total. The van der Waals surface area contributed by atoms with Gasteiger partial charge in [0, 0.05) is 19.6 Å². The van der Waals surface area contributed by atoms with Crippen molar-refractivity contribution in [3.05, 3.63) is 24.3 Å². The van der Waals surface area contributed by atoms with Gasteiger partial charge in [0.2, 0.25) is 0 Å². The number of rotatable bonds is 46. The Kier molecular flexibility index (Phi) is 44.3. The zero-order valence-corrected chi connectivity index (χ0v) is 37.8. The molecule has 9 heteroatoms. The zero-order chi connectivity index (χ0) is 40.9. The number of ether oxygens (including phenoxy) is 2. The molecule has 0 aliphatic carbocycles. The van der Waals surface area contributed by atoms with Crippen LogP contribution in [0.1, 0.15) is 232 Å². The molecule has 332 valence electrons. The number of nitrogens with two attached hydrogens (primary N) is 1. The number of hydrogen-bond acceptors (Lipinski definition) is 7. The summed E-state index contributed by atoms with van der Waals surface area (Å²) < 4.78 is 33.5. The van der Waals surface area contributed by atoms with Gasteiger partial charge in [0.15, 0.2) is 0 Å². The van der Waals surface area contributed by atoms with E-state index in [1.807, 2.05) is 0 Å². The van der Waals surface area contributed by atoms with Crippen molar-refractivity contribution in [3.8, 4) is 0 Å². The topological polar surface area (TPSA) is 117 Å². The van der Waals surface area contributed by atoms with Gasteiger partial charge in [-0.3, -0.25) is 13.8 Å². The van der Waals surface area contributed by atoms with Crippen LogP contribution in [0.5, 0.6) is 0 Å². The van der Waals surface area contributed by atoms with Crippen LogP contribution in [0.3, 0.4) is 0 Å². The van der Waals surface area contributed by atoms with Crippen LogP contribution in [-0.4, -0.2) is 49.9 Å². The Morgan fingerprint density at radius 2 is 0.946 bits per heavy atom. The van der Waals surface area contributed by atoms with Gasteiger partial charge in [-0.25, -0.2) is 4.57 Å². The fourth-order valence-electron chi connectivity index (χ4n) is 6.85. The maximum Gasteiger partial charge on any atom is 0.472 e. The maximum atomic E-state index is 12.6. The van der Waals surface area contributed by atoms with Crippen molar-refractivity contribution < 1.29 is 32.8 Å². The van der Waals surface area contributed by atoms with Crippen LogP contribution in [0.2, 0.25) is 0 Å². The van der Waals surface area contributed by atoms with Gasteiger partial charge in [-0.1, -0.05) is 205 Å². The highest BCUT2D eigenvalue weighted by Crippen LogP contribution is 2.43. The normalized spacial score (nSPS) is 13.6. The summed E-state index contributed by atoms with van der Waals surface area (Å²) in [5, 5.41) is 0. The maximum absolute atomic E-state index is 12.6. The number of carbonyl (C=O) groups is 1. The fraction of sp³-hybridized carbons (Fsp3) is 0.894. The van der Waals surface area contributed by atoms with E-state index in [4.69, 9.17) is 24.3 Å². The molecule has 56 heavy (non-hydrogen) atoms. The number of esters is 1. The van der Waals surface area contributed by atoms with Crippen LogP contribution < -0.4 is 5.73 Å². The molecule has 0 aromatic carbocycles. The zero-order valence-electron chi connectivity index (χ0n) is 36.9. The molecule has 0 bridgehead atoms. The van der Waals surface area contributed by atoms with Crippen molar-refractivity contribution in [2.24, 2.45) is 5.73 Å². The van der Waals surface area contributed by atoms with Crippen LogP contribution in [0.15, 0.2) is 24.3 Å². The Morgan fingerprint density at radius 1 is 0.536 bits per heavy atom. The third-order valence-electron chi connectivity index (χ3n) is 10.4. The lowest BCUT2D eigenvalue weighted by Gasteiger charge is -2.20. The van der Waals surface area contributed by atoms with Crippen molar-refractivity contribution >= 4 is 13.8 Å². The van der Waals surface area contributed by atoms with E-state index < -0.39 is 13.9 Å². The molecular weight excluding hydrogens is 721 g/mol. The van der Waals surface area contributed by atoms with E-state index >= 15 is 0 Å². The Morgan fingerprint density at radius 3 is 1.43 bits per heavy atom. The number of unbranched alkanes of at least 4 members (excludes halogenated alkanes) is 29. The summed E-state index contributed by atoms with van der Waals surface area (Å²) in [6, 6.07) is 0. The molecule has 0 aromatic heterocycles. The summed E-state index contributed by atoms with van der Waals surface area (Å²) in [5.74, 6) is -0.330. The molecule has 0 rings (SSSR count). The minimum absolute atomic E-state index is 0.0940. The number of phosphoric ester groups is 1. The van der Waals surface area contributed by atoms with Crippen LogP contribution in [0, 0.1) is 0 Å². The molecule has 0 spiro atoms. The van der Waals surface area contributed by atoms with E-state index in [9.17, 15) is 14.3 Å². The third kappa shape index (κ3) is 44.1. The molecule has 0 fully saturated rings. The second-order valence-electron chi connectivity index (χ2n) is 16.0. The molecule has 2 atom stereocenters. The van der Waals surface area contributed by atoms with Gasteiger partial charge in [0.1, 0.15) is 6.10 Å². The van der Waals surface area contributed by atoms with Crippen molar-refractivity contribution in [1.82, 2.24) is 0 Å². The predicted molar refractivity (Wildman–Crippen MR) is 238 cm³/mol. The van der Waals surface area contributed by atoms with Crippen molar-refractivity contribution in [3.63, 3.8) is 0 Å². The molecule has 0 heterocycles. The summed E-state index contributed by atoms with van der Waals surface area (Å²) >= 11 is 0. The number of carbonyl (C=O) groups excluding carboxylic acids is 1.